The molecular weight excluding hydrogens is 170 g/mol. The summed E-state index contributed by atoms with van der Waals surface area (Å²) in [5.41, 5.74) is 3.85. The molecule has 5 heteroatoms. The standard InChI is InChI=1S/C6H13NO3.ClH/c7-5(3-8)1-6(10,2-5)4-9;/h8-10H,1-4,7H2;1H. The Hall–Kier alpha value is 0.130. The van der Waals surface area contributed by atoms with Crippen LogP contribution in [0.25, 0.3) is 0 Å². The monoisotopic (exact) mass is 183 g/mol. The third kappa shape index (κ3) is 2.04. The lowest BCUT2D eigenvalue weighted by atomic mass is 9.66. The Morgan fingerprint density at radius 3 is 1.91 bits per heavy atom. The molecule has 0 aromatic heterocycles. The summed E-state index contributed by atoms with van der Waals surface area (Å²) in [6.07, 6.45) is 0.569. The highest BCUT2D eigenvalue weighted by Gasteiger charge is 2.50. The second-order valence-corrected chi connectivity index (χ2v) is 3.26. The molecule has 1 rings (SSSR count). The Morgan fingerprint density at radius 2 is 1.64 bits per heavy atom. The summed E-state index contributed by atoms with van der Waals surface area (Å²) in [6, 6.07) is 0. The van der Waals surface area contributed by atoms with E-state index in [1.54, 1.807) is 0 Å². The maximum atomic E-state index is 9.24. The zero-order chi connectivity index (χ0) is 7.83. The van der Waals surface area contributed by atoms with Crippen LogP contribution in [0.5, 0.6) is 0 Å². The van der Waals surface area contributed by atoms with Crippen molar-refractivity contribution in [2.45, 2.75) is 24.0 Å². The van der Waals surface area contributed by atoms with Gasteiger partial charge in [-0.15, -0.1) is 12.4 Å². The van der Waals surface area contributed by atoms with E-state index < -0.39 is 11.1 Å². The summed E-state index contributed by atoms with van der Waals surface area (Å²) in [4.78, 5) is 0. The number of aliphatic hydroxyl groups excluding tert-OH is 2. The molecule has 0 atom stereocenters. The molecule has 1 fully saturated rings. The zero-order valence-electron chi connectivity index (χ0n) is 6.16. The second-order valence-electron chi connectivity index (χ2n) is 3.26. The molecule has 0 radical (unpaired) electrons. The van der Waals surface area contributed by atoms with Crippen molar-refractivity contribution in [3.8, 4) is 0 Å². The highest BCUT2D eigenvalue weighted by Crippen LogP contribution is 2.38. The Balaban J connectivity index is 0.000001000. The topological polar surface area (TPSA) is 86.7 Å². The van der Waals surface area contributed by atoms with Crippen molar-refractivity contribution in [1.29, 1.82) is 0 Å². The summed E-state index contributed by atoms with van der Waals surface area (Å²) >= 11 is 0. The lowest BCUT2D eigenvalue weighted by molar-refractivity contribution is -0.128. The molecule has 0 heterocycles. The number of hydrogen-bond donors (Lipinski definition) is 4. The van der Waals surface area contributed by atoms with Gasteiger partial charge in [0.15, 0.2) is 0 Å². The fourth-order valence-electron chi connectivity index (χ4n) is 1.48. The van der Waals surface area contributed by atoms with Crippen molar-refractivity contribution >= 4 is 12.4 Å². The van der Waals surface area contributed by atoms with Crippen LogP contribution >= 0.6 is 12.4 Å². The SMILES string of the molecule is Cl.NC1(CO)CC(O)(CO)C1. The van der Waals surface area contributed by atoms with Crippen LogP contribution < -0.4 is 5.73 Å². The van der Waals surface area contributed by atoms with E-state index in [1.807, 2.05) is 0 Å². The van der Waals surface area contributed by atoms with Crippen LogP contribution in [0.2, 0.25) is 0 Å². The van der Waals surface area contributed by atoms with Crippen molar-refractivity contribution in [2.24, 2.45) is 5.73 Å². The number of halogens is 1. The van der Waals surface area contributed by atoms with Gasteiger partial charge in [-0.1, -0.05) is 0 Å². The molecule has 0 aromatic rings. The van der Waals surface area contributed by atoms with Crippen LogP contribution in [-0.4, -0.2) is 39.7 Å². The number of aliphatic hydroxyl groups is 3. The van der Waals surface area contributed by atoms with E-state index in [2.05, 4.69) is 0 Å². The zero-order valence-corrected chi connectivity index (χ0v) is 6.97. The summed E-state index contributed by atoms with van der Waals surface area (Å²) in [5, 5.41) is 26.5. The average Bonchev–Trinajstić information content (AvgIpc) is 1.85. The highest BCUT2D eigenvalue weighted by molar-refractivity contribution is 5.85. The van der Waals surface area contributed by atoms with Gasteiger partial charge in [-0.3, -0.25) is 0 Å². The third-order valence-corrected chi connectivity index (χ3v) is 1.97. The maximum absolute atomic E-state index is 9.24. The Labute approximate surface area is 71.4 Å². The summed E-state index contributed by atoms with van der Waals surface area (Å²) in [7, 11) is 0. The van der Waals surface area contributed by atoms with Gasteiger partial charge in [0.1, 0.15) is 0 Å². The third-order valence-electron chi connectivity index (χ3n) is 1.97. The van der Waals surface area contributed by atoms with Gasteiger partial charge in [0.2, 0.25) is 0 Å². The van der Waals surface area contributed by atoms with Crippen molar-refractivity contribution in [3.05, 3.63) is 0 Å². The van der Waals surface area contributed by atoms with Crippen LogP contribution in [0, 0.1) is 0 Å². The van der Waals surface area contributed by atoms with Crippen molar-refractivity contribution in [1.82, 2.24) is 0 Å². The molecule has 0 aromatic carbocycles. The van der Waals surface area contributed by atoms with Gasteiger partial charge in [0.05, 0.1) is 18.8 Å². The molecule has 0 unspecified atom stereocenters. The van der Waals surface area contributed by atoms with Gasteiger partial charge in [-0.2, -0.15) is 0 Å². The number of rotatable bonds is 2. The quantitative estimate of drug-likeness (QED) is 0.425. The first-order chi connectivity index (χ1) is 4.54. The molecule has 1 saturated carbocycles. The smallest absolute Gasteiger partial charge is 0.0914 e. The van der Waals surface area contributed by atoms with Gasteiger partial charge < -0.3 is 21.1 Å². The molecule has 0 spiro atoms. The molecule has 68 valence electrons. The van der Waals surface area contributed by atoms with E-state index >= 15 is 0 Å². The summed E-state index contributed by atoms with van der Waals surface area (Å²) in [6.45, 7) is -0.402. The summed E-state index contributed by atoms with van der Waals surface area (Å²) < 4.78 is 0. The van der Waals surface area contributed by atoms with E-state index in [1.165, 1.54) is 0 Å². The molecular formula is C6H14ClNO3. The first kappa shape index (κ1) is 11.1. The Morgan fingerprint density at radius 1 is 1.18 bits per heavy atom. The average molecular weight is 184 g/mol. The molecule has 4 nitrogen and oxygen atoms in total. The van der Waals surface area contributed by atoms with Crippen LogP contribution in [0.4, 0.5) is 0 Å². The lowest BCUT2D eigenvalue weighted by Gasteiger charge is -2.49. The fourth-order valence-corrected chi connectivity index (χ4v) is 1.48. The fraction of sp³-hybridized carbons (Fsp3) is 1.00. The van der Waals surface area contributed by atoms with E-state index in [0.717, 1.165) is 0 Å². The van der Waals surface area contributed by atoms with Crippen LogP contribution in [0.15, 0.2) is 0 Å². The molecule has 11 heavy (non-hydrogen) atoms. The van der Waals surface area contributed by atoms with Crippen molar-refractivity contribution in [2.75, 3.05) is 13.2 Å². The first-order valence-corrected chi connectivity index (χ1v) is 3.27. The van der Waals surface area contributed by atoms with Gasteiger partial charge >= 0.3 is 0 Å². The number of nitrogens with two attached hydrogens (primary N) is 1. The lowest BCUT2D eigenvalue weighted by Crippen LogP contribution is -2.65. The first-order valence-electron chi connectivity index (χ1n) is 3.27. The van der Waals surface area contributed by atoms with Gasteiger partial charge in [0.25, 0.3) is 0 Å². The minimum atomic E-state index is -1.03. The normalized spacial score (nSPS) is 42.5. The summed E-state index contributed by atoms with van der Waals surface area (Å²) in [5.74, 6) is 0. The van der Waals surface area contributed by atoms with Crippen LogP contribution in [0.1, 0.15) is 12.8 Å². The predicted molar refractivity (Wildman–Crippen MR) is 42.5 cm³/mol. The minimum absolute atomic E-state index is 0. The van der Waals surface area contributed by atoms with E-state index in [9.17, 15) is 5.11 Å². The molecule has 0 aliphatic heterocycles. The molecule has 5 N–H and O–H groups in total. The predicted octanol–water partition coefficient (Wildman–Crippen LogP) is -1.38. The molecule has 0 amide bonds. The van der Waals surface area contributed by atoms with Crippen LogP contribution in [0.3, 0.4) is 0 Å². The minimum Gasteiger partial charge on any atom is -0.394 e. The van der Waals surface area contributed by atoms with Crippen LogP contribution in [-0.2, 0) is 0 Å². The Kier molecular flexibility index (Phi) is 3.28. The van der Waals surface area contributed by atoms with E-state index in [-0.39, 0.29) is 38.5 Å². The largest absolute Gasteiger partial charge is 0.394 e. The molecule has 1 aliphatic carbocycles. The van der Waals surface area contributed by atoms with Gasteiger partial charge in [-0.05, 0) is 12.8 Å². The molecule has 0 saturated heterocycles. The van der Waals surface area contributed by atoms with Gasteiger partial charge in [0, 0.05) is 5.54 Å². The van der Waals surface area contributed by atoms with Gasteiger partial charge in [-0.25, -0.2) is 0 Å². The van der Waals surface area contributed by atoms with Crippen molar-refractivity contribution < 1.29 is 15.3 Å². The Bertz CT molecular complexity index is 122. The highest BCUT2D eigenvalue weighted by atomic mass is 35.5. The van der Waals surface area contributed by atoms with E-state index in [0.29, 0.717) is 0 Å². The second kappa shape index (κ2) is 3.25. The maximum Gasteiger partial charge on any atom is 0.0914 e. The molecule has 0 bridgehead atoms. The van der Waals surface area contributed by atoms with Crippen molar-refractivity contribution in [3.63, 3.8) is 0 Å². The van der Waals surface area contributed by atoms with E-state index in [4.69, 9.17) is 15.9 Å². The molecule has 1 aliphatic rings. The number of hydrogen-bond acceptors (Lipinski definition) is 4.